The fourth-order valence-electron chi connectivity index (χ4n) is 1.29. The third-order valence-corrected chi connectivity index (χ3v) is 2.84. The second-order valence-corrected chi connectivity index (χ2v) is 4.07. The summed E-state index contributed by atoms with van der Waals surface area (Å²) in [7, 11) is 0. The minimum Gasteiger partial charge on any atom is -0.389 e. The number of anilines is 1. The van der Waals surface area contributed by atoms with Gasteiger partial charge in [0, 0.05) is 22.7 Å². The Hall–Kier alpha value is -0.740. The molecule has 0 atom stereocenters. The van der Waals surface area contributed by atoms with Crippen molar-refractivity contribution in [2.75, 3.05) is 18.1 Å². The molecule has 0 amide bonds. The van der Waals surface area contributed by atoms with Crippen LogP contribution in [0.4, 0.5) is 5.69 Å². The molecule has 0 unspecified atom stereocenters. The van der Waals surface area contributed by atoms with E-state index in [1.165, 1.54) is 0 Å². The fraction of sp³-hybridized carbons (Fsp3) is 0.300. The average Bonchev–Trinajstić information content (AvgIpc) is 2.17. The molecule has 0 bridgehead atoms. The van der Waals surface area contributed by atoms with Crippen LogP contribution in [0.5, 0.6) is 0 Å². The van der Waals surface area contributed by atoms with Crippen molar-refractivity contribution in [2.24, 2.45) is 5.73 Å². The smallest absolute Gasteiger partial charge is 0.107 e. The molecule has 0 aromatic heterocycles. The molecule has 76 valence electrons. The molecule has 0 saturated heterocycles. The van der Waals surface area contributed by atoms with Crippen LogP contribution in [-0.2, 0) is 0 Å². The summed E-state index contributed by atoms with van der Waals surface area (Å²) < 4.78 is 0. The highest BCUT2D eigenvalue weighted by atomic mass is 32.2. The largest absolute Gasteiger partial charge is 0.389 e. The number of thioether (sulfide) groups is 1. The average molecular weight is 226 g/mol. The van der Waals surface area contributed by atoms with Gasteiger partial charge in [-0.25, -0.2) is 0 Å². The van der Waals surface area contributed by atoms with E-state index in [2.05, 4.69) is 12.2 Å². The number of thiocarbonyl (C=S) groups is 1. The van der Waals surface area contributed by atoms with Gasteiger partial charge in [0.25, 0.3) is 0 Å². The Morgan fingerprint density at radius 3 is 2.79 bits per heavy atom. The number of benzene rings is 1. The molecule has 0 radical (unpaired) electrons. The van der Waals surface area contributed by atoms with E-state index in [-0.39, 0.29) is 0 Å². The molecular formula is C10H14N2S2. The first kappa shape index (κ1) is 11.3. The van der Waals surface area contributed by atoms with Crippen molar-refractivity contribution in [2.45, 2.75) is 11.8 Å². The Morgan fingerprint density at radius 2 is 2.29 bits per heavy atom. The Morgan fingerprint density at radius 1 is 1.57 bits per heavy atom. The molecule has 0 aliphatic carbocycles. The second kappa shape index (κ2) is 5.22. The first-order valence-electron chi connectivity index (χ1n) is 4.41. The Balaban J connectivity index is 3.20. The van der Waals surface area contributed by atoms with Gasteiger partial charge in [0.05, 0.1) is 0 Å². The fourth-order valence-corrected chi connectivity index (χ4v) is 2.22. The molecule has 4 heteroatoms. The zero-order valence-electron chi connectivity index (χ0n) is 8.33. The zero-order valence-corrected chi connectivity index (χ0v) is 9.97. The van der Waals surface area contributed by atoms with Gasteiger partial charge in [-0.05, 0) is 25.3 Å². The summed E-state index contributed by atoms with van der Waals surface area (Å²) in [4.78, 5) is 1.57. The maximum Gasteiger partial charge on any atom is 0.107 e. The van der Waals surface area contributed by atoms with Crippen LogP contribution >= 0.6 is 24.0 Å². The predicted octanol–water partition coefficient (Wildman–Crippen LogP) is 2.47. The third kappa shape index (κ3) is 2.39. The van der Waals surface area contributed by atoms with Crippen molar-refractivity contribution in [3.8, 4) is 0 Å². The van der Waals surface area contributed by atoms with Crippen LogP contribution in [-0.4, -0.2) is 17.8 Å². The second-order valence-electron chi connectivity index (χ2n) is 2.78. The molecule has 0 aliphatic rings. The standard InChI is InChI=1S/C10H14N2S2/c1-3-12-7-5-4-6-8(14-2)9(7)10(11)13/h4-6,12H,3H2,1-2H3,(H2,11,13). The van der Waals surface area contributed by atoms with Gasteiger partial charge in [-0.2, -0.15) is 0 Å². The molecule has 0 aliphatic heterocycles. The number of rotatable bonds is 4. The van der Waals surface area contributed by atoms with Crippen LogP contribution in [0, 0.1) is 0 Å². The van der Waals surface area contributed by atoms with E-state index in [1.807, 2.05) is 24.5 Å². The highest BCUT2D eigenvalue weighted by molar-refractivity contribution is 7.98. The summed E-state index contributed by atoms with van der Waals surface area (Å²) in [6.07, 6.45) is 2.02. The van der Waals surface area contributed by atoms with Crippen molar-refractivity contribution in [1.82, 2.24) is 0 Å². The first-order valence-corrected chi connectivity index (χ1v) is 6.04. The third-order valence-electron chi connectivity index (χ3n) is 1.86. The van der Waals surface area contributed by atoms with E-state index < -0.39 is 0 Å². The van der Waals surface area contributed by atoms with Crippen LogP contribution in [0.25, 0.3) is 0 Å². The van der Waals surface area contributed by atoms with Gasteiger partial charge >= 0.3 is 0 Å². The topological polar surface area (TPSA) is 38.0 Å². The lowest BCUT2D eigenvalue weighted by molar-refractivity contribution is 1.20. The predicted molar refractivity (Wildman–Crippen MR) is 68.3 cm³/mol. The summed E-state index contributed by atoms with van der Waals surface area (Å²) >= 11 is 6.70. The van der Waals surface area contributed by atoms with Gasteiger partial charge in [-0.3, -0.25) is 0 Å². The van der Waals surface area contributed by atoms with Crippen LogP contribution in [0.3, 0.4) is 0 Å². The molecule has 3 N–H and O–H groups in total. The van der Waals surface area contributed by atoms with Crippen molar-refractivity contribution < 1.29 is 0 Å². The van der Waals surface area contributed by atoms with Crippen LogP contribution < -0.4 is 11.1 Å². The van der Waals surface area contributed by atoms with E-state index >= 15 is 0 Å². The molecule has 0 heterocycles. The minimum atomic E-state index is 0.450. The van der Waals surface area contributed by atoms with Gasteiger partial charge in [0.1, 0.15) is 4.99 Å². The molecule has 1 aromatic carbocycles. The molecule has 0 fully saturated rings. The Labute approximate surface area is 94.3 Å². The number of nitrogens with two attached hydrogens (primary N) is 1. The van der Waals surface area contributed by atoms with E-state index in [4.69, 9.17) is 18.0 Å². The number of nitrogens with one attached hydrogen (secondary N) is 1. The molecular weight excluding hydrogens is 212 g/mol. The van der Waals surface area contributed by atoms with Gasteiger partial charge in [-0.1, -0.05) is 18.3 Å². The van der Waals surface area contributed by atoms with Crippen LogP contribution in [0.2, 0.25) is 0 Å². The molecule has 1 aromatic rings. The van der Waals surface area contributed by atoms with Gasteiger partial charge in [0.15, 0.2) is 0 Å². The first-order chi connectivity index (χ1) is 6.70. The number of hydrogen-bond donors (Lipinski definition) is 2. The monoisotopic (exact) mass is 226 g/mol. The summed E-state index contributed by atoms with van der Waals surface area (Å²) in [5, 5.41) is 3.25. The SMILES string of the molecule is CCNc1cccc(SC)c1C(N)=S. The molecule has 2 nitrogen and oxygen atoms in total. The van der Waals surface area contributed by atoms with E-state index in [0.717, 1.165) is 22.7 Å². The maximum atomic E-state index is 5.70. The van der Waals surface area contributed by atoms with E-state index in [9.17, 15) is 0 Å². The van der Waals surface area contributed by atoms with Gasteiger partial charge in [-0.15, -0.1) is 11.8 Å². The highest BCUT2D eigenvalue weighted by Crippen LogP contribution is 2.26. The summed E-state index contributed by atoms with van der Waals surface area (Å²) in [6.45, 7) is 2.92. The lowest BCUT2D eigenvalue weighted by atomic mass is 10.1. The zero-order chi connectivity index (χ0) is 10.6. The van der Waals surface area contributed by atoms with Crippen LogP contribution in [0.15, 0.2) is 23.1 Å². The molecule has 14 heavy (non-hydrogen) atoms. The lowest BCUT2D eigenvalue weighted by Crippen LogP contribution is -2.14. The van der Waals surface area contributed by atoms with Crippen molar-refractivity contribution >= 4 is 34.7 Å². The van der Waals surface area contributed by atoms with Gasteiger partial charge in [0.2, 0.25) is 0 Å². The van der Waals surface area contributed by atoms with Crippen molar-refractivity contribution in [3.63, 3.8) is 0 Å². The quantitative estimate of drug-likeness (QED) is 0.611. The highest BCUT2D eigenvalue weighted by Gasteiger charge is 2.09. The van der Waals surface area contributed by atoms with Crippen molar-refractivity contribution in [3.05, 3.63) is 23.8 Å². The van der Waals surface area contributed by atoms with E-state index in [1.54, 1.807) is 11.8 Å². The summed E-state index contributed by atoms with van der Waals surface area (Å²) in [5.41, 5.74) is 7.67. The Bertz CT molecular complexity index is 337. The summed E-state index contributed by atoms with van der Waals surface area (Å²) in [6, 6.07) is 6.03. The van der Waals surface area contributed by atoms with Gasteiger partial charge < -0.3 is 11.1 Å². The van der Waals surface area contributed by atoms with E-state index in [0.29, 0.717) is 4.99 Å². The Kier molecular flexibility index (Phi) is 4.22. The maximum absolute atomic E-state index is 5.70. The number of hydrogen-bond acceptors (Lipinski definition) is 3. The minimum absolute atomic E-state index is 0.450. The normalized spacial score (nSPS) is 9.86. The molecule has 1 rings (SSSR count). The molecule has 0 spiro atoms. The van der Waals surface area contributed by atoms with Crippen LogP contribution in [0.1, 0.15) is 12.5 Å². The lowest BCUT2D eigenvalue weighted by Gasteiger charge is -2.12. The van der Waals surface area contributed by atoms with Crippen molar-refractivity contribution in [1.29, 1.82) is 0 Å². The molecule has 0 saturated carbocycles. The summed E-state index contributed by atoms with van der Waals surface area (Å²) in [5.74, 6) is 0.